The maximum Gasteiger partial charge on any atom is 0.337 e. The van der Waals surface area contributed by atoms with Gasteiger partial charge < -0.3 is 19.9 Å². The second kappa shape index (κ2) is 7.62. The van der Waals surface area contributed by atoms with Gasteiger partial charge in [-0.3, -0.25) is 4.79 Å². The zero-order valence-corrected chi connectivity index (χ0v) is 15.2. The third-order valence-electron chi connectivity index (χ3n) is 4.63. The predicted molar refractivity (Wildman–Crippen MR) is 105 cm³/mol. The first-order valence-corrected chi connectivity index (χ1v) is 8.91. The Morgan fingerprint density at radius 2 is 1.86 bits per heavy atom. The van der Waals surface area contributed by atoms with Crippen molar-refractivity contribution in [2.45, 2.75) is 6.10 Å². The summed E-state index contributed by atoms with van der Waals surface area (Å²) in [5, 5.41) is 23.4. The number of carbonyl (C=O) groups is 2. The summed E-state index contributed by atoms with van der Waals surface area (Å²) in [7, 11) is 0. The minimum Gasteiger partial charge on any atom is -0.484 e. The molecule has 7 heteroatoms. The molecule has 1 aliphatic heterocycles. The van der Waals surface area contributed by atoms with Crippen LogP contribution in [0.1, 0.15) is 26.3 Å². The average Bonchev–Trinajstić information content (AvgIpc) is 2.70. The fraction of sp³-hybridized carbons (Fsp3) is 0.136. The molecule has 0 atom stereocenters. The molecule has 1 saturated heterocycles. The summed E-state index contributed by atoms with van der Waals surface area (Å²) in [4.78, 5) is 24.4. The van der Waals surface area contributed by atoms with E-state index < -0.39 is 11.9 Å². The molecule has 7 nitrogen and oxygen atoms in total. The summed E-state index contributed by atoms with van der Waals surface area (Å²) in [5.74, 6) is -1.51. The normalized spacial score (nSPS) is 13.3. The number of hydrogen-bond acceptors (Lipinski definition) is 5. The third kappa shape index (κ3) is 3.74. The number of hydrogen-bond donors (Lipinski definition) is 2. The summed E-state index contributed by atoms with van der Waals surface area (Å²) in [6.07, 6.45) is -0.207. The van der Waals surface area contributed by atoms with Crippen LogP contribution in [0.3, 0.4) is 0 Å². The van der Waals surface area contributed by atoms with Gasteiger partial charge in [0.05, 0.1) is 30.0 Å². The lowest BCUT2D eigenvalue weighted by atomic mass is 10.1. The van der Waals surface area contributed by atoms with Crippen LogP contribution in [0.4, 0.5) is 5.69 Å². The van der Waals surface area contributed by atoms with Gasteiger partial charge in [0.2, 0.25) is 0 Å². The van der Waals surface area contributed by atoms with E-state index in [1.807, 2.05) is 36.4 Å². The van der Waals surface area contributed by atoms with E-state index in [2.05, 4.69) is 5.32 Å². The van der Waals surface area contributed by atoms with Crippen LogP contribution >= 0.6 is 0 Å². The van der Waals surface area contributed by atoms with Crippen LogP contribution < -0.4 is 10.1 Å². The summed E-state index contributed by atoms with van der Waals surface area (Å²) in [6.45, 7) is 0.786. The highest BCUT2D eigenvalue weighted by molar-refractivity contribution is 6.09. The number of carboxylic acids is 1. The highest BCUT2D eigenvalue weighted by Gasteiger charge is 2.24. The van der Waals surface area contributed by atoms with Crippen molar-refractivity contribution in [3.8, 4) is 11.8 Å². The van der Waals surface area contributed by atoms with Crippen molar-refractivity contribution < 1.29 is 24.2 Å². The number of carboxylic acid groups (broad SMARTS) is 1. The summed E-state index contributed by atoms with van der Waals surface area (Å²) in [6, 6.07) is 17.4. The first-order chi connectivity index (χ1) is 14.0. The highest BCUT2D eigenvalue weighted by atomic mass is 16.6. The number of benzene rings is 3. The predicted octanol–water partition coefficient (Wildman–Crippen LogP) is 3.44. The van der Waals surface area contributed by atoms with E-state index in [-0.39, 0.29) is 28.7 Å². The lowest BCUT2D eigenvalue weighted by Crippen LogP contribution is -2.38. The van der Waals surface area contributed by atoms with Crippen LogP contribution in [0.5, 0.6) is 5.75 Å². The topological polar surface area (TPSA) is 109 Å². The van der Waals surface area contributed by atoms with Gasteiger partial charge in [0.25, 0.3) is 5.91 Å². The van der Waals surface area contributed by atoms with Crippen LogP contribution in [0.25, 0.3) is 10.8 Å². The van der Waals surface area contributed by atoms with Gasteiger partial charge >= 0.3 is 5.97 Å². The Morgan fingerprint density at radius 1 is 1.10 bits per heavy atom. The van der Waals surface area contributed by atoms with E-state index in [0.29, 0.717) is 18.8 Å². The maximum absolute atomic E-state index is 12.8. The van der Waals surface area contributed by atoms with Crippen LogP contribution in [0.15, 0.2) is 54.6 Å². The Kier molecular flexibility index (Phi) is 4.85. The summed E-state index contributed by atoms with van der Waals surface area (Å²) >= 11 is 0. The van der Waals surface area contributed by atoms with Gasteiger partial charge in [0, 0.05) is 11.6 Å². The van der Waals surface area contributed by atoms with Crippen molar-refractivity contribution in [1.82, 2.24) is 0 Å². The Labute approximate surface area is 166 Å². The smallest absolute Gasteiger partial charge is 0.337 e. The molecule has 0 aliphatic carbocycles. The number of carbonyl (C=O) groups excluding carboxylic acids is 1. The first-order valence-electron chi connectivity index (χ1n) is 8.91. The van der Waals surface area contributed by atoms with Crippen LogP contribution in [0, 0.1) is 11.3 Å². The monoisotopic (exact) mass is 388 g/mol. The van der Waals surface area contributed by atoms with Crippen molar-refractivity contribution in [2.24, 2.45) is 0 Å². The van der Waals surface area contributed by atoms with Crippen LogP contribution in [0.2, 0.25) is 0 Å². The number of fused-ring (bicyclic) bond motifs is 1. The average molecular weight is 388 g/mol. The number of nitriles is 1. The molecule has 1 fully saturated rings. The van der Waals surface area contributed by atoms with E-state index >= 15 is 0 Å². The van der Waals surface area contributed by atoms with Gasteiger partial charge in [-0.05, 0) is 29.0 Å². The van der Waals surface area contributed by atoms with E-state index in [4.69, 9.17) is 9.47 Å². The molecule has 0 bridgehead atoms. The highest BCUT2D eigenvalue weighted by Crippen LogP contribution is 2.30. The third-order valence-corrected chi connectivity index (χ3v) is 4.63. The lowest BCUT2D eigenvalue weighted by Gasteiger charge is -2.27. The standard InChI is InChI=1S/C22H16N2O5/c23-10-16-8-18(22(26)27)19(9-20(16)29-17-11-28-12-17)24-21(25)15-6-5-13-3-1-2-4-14(13)7-15/h1-9,17H,11-12H2,(H,24,25)(H,26,27). The molecule has 0 spiro atoms. The summed E-state index contributed by atoms with van der Waals surface area (Å²) < 4.78 is 10.8. The molecule has 3 aromatic carbocycles. The lowest BCUT2D eigenvalue weighted by molar-refractivity contribution is -0.0797. The van der Waals surface area contributed by atoms with Crippen LogP contribution in [-0.2, 0) is 4.74 Å². The number of amides is 1. The second-order valence-electron chi connectivity index (χ2n) is 6.60. The molecule has 144 valence electrons. The molecule has 1 heterocycles. The van der Waals surface area contributed by atoms with Gasteiger partial charge in [-0.1, -0.05) is 30.3 Å². The second-order valence-corrected chi connectivity index (χ2v) is 6.60. The number of rotatable bonds is 5. The number of anilines is 1. The van der Waals surface area contributed by atoms with E-state index in [1.54, 1.807) is 12.1 Å². The van der Waals surface area contributed by atoms with Crippen molar-refractivity contribution in [3.63, 3.8) is 0 Å². The van der Waals surface area contributed by atoms with Crippen molar-refractivity contribution in [2.75, 3.05) is 18.5 Å². The Morgan fingerprint density at radius 3 is 2.52 bits per heavy atom. The molecule has 2 N–H and O–H groups in total. The molecule has 0 saturated carbocycles. The van der Waals surface area contributed by atoms with Gasteiger partial charge in [-0.15, -0.1) is 0 Å². The molecule has 0 unspecified atom stereocenters. The van der Waals surface area contributed by atoms with E-state index in [9.17, 15) is 20.0 Å². The molecule has 0 radical (unpaired) electrons. The molecule has 29 heavy (non-hydrogen) atoms. The van der Waals surface area contributed by atoms with Crippen molar-refractivity contribution >= 4 is 28.3 Å². The number of nitrogens with one attached hydrogen (secondary N) is 1. The Balaban J connectivity index is 1.68. The first kappa shape index (κ1) is 18.5. The summed E-state index contributed by atoms with van der Waals surface area (Å²) in [5.41, 5.74) is 0.343. The van der Waals surface area contributed by atoms with Gasteiger partial charge in [0.1, 0.15) is 17.9 Å². The Hall–Kier alpha value is -3.89. The van der Waals surface area contributed by atoms with Gasteiger partial charge in [-0.2, -0.15) is 5.26 Å². The minimum atomic E-state index is -1.26. The Bertz CT molecular complexity index is 1160. The SMILES string of the molecule is N#Cc1cc(C(=O)O)c(NC(=O)c2ccc3ccccc3c2)cc1OC1COC1. The quantitative estimate of drug-likeness (QED) is 0.693. The van der Waals surface area contributed by atoms with E-state index in [1.165, 1.54) is 12.1 Å². The maximum atomic E-state index is 12.8. The molecule has 1 amide bonds. The van der Waals surface area contributed by atoms with Crippen LogP contribution in [-0.4, -0.2) is 36.3 Å². The molecular weight excluding hydrogens is 372 g/mol. The van der Waals surface area contributed by atoms with Crippen molar-refractivity contribution in [3.05, 3.63) is 71.3 Å². The fourth-order valence-corrected chi connectivity index (χ4v) is 3.03. The molecule has 0 aromatic heterocycles. The fourth-order valence-electron chi connectivity index (χ4n) is 3.03. The zero-order chi connectivity index (χ0) is 20.4. The largest absolute Gasteiger partial charge is 0.484 e. The molecule has 4 rings (SSSR count). The zero-order valence-electron chi connectivity index (χ0n) is 15.2. The molecular formula is C22H16N2O5. The number of nitrogens with zero attached hydrogens (tertiary/aromatic N) is 1. The van der Waals surface area contributed by atoms with Gasteiger partial charge in [-0.25, -0.2) is 4.79 Å². The van der Waals surface area contributed by atoms with E-state index in [0.717, 1.165) is 10.8 Å². The van der Waals surface area contributed by atoms with Crippen molar-refractivity contribution in [1.29, 1.82) is 5.26 Å². The van der Waals surface area contributed by atoms with Gasteiger partial charge in [0.15, 0.2) is 0 Å². The molecule has 3 aromatic rings. The number of aromatic carboxylic acids is 1. The number of ether oxygens (including phenoxy) is 2. The minimum absolute atomic E-state index is 0.0601. The molecule has 1 aliphatic rings.